The minimum Gasteiger partial charge on any atom is -0.353 e. The van der Waals surface area contributed by atoms with E-state index in [0.29, 0.717) is 6.04 Å². The van der Waals surface area contributed by atoms with Crippen molar-refractivity contribution in [1.29, 1.82) is 0 Å². The first kappa shape index (κ1) is 13.5. The van der Waals surface area contributed by atoms with Gasteiger partial charge in [-0.2, -0.15) is 0 Å². The third-order valence-electron chi connectivity index (χ3n) is 3.03. The molecule has 5 heteroatoms. The summed E-state index contributed by atoms with van der Waals surface area (Å²) >= 11 is 0. The molecule has 0 aliphatic heterocycles. The van der Waals surface area contributed by atoms with Crippen LogP contribution in [0.15, 0.2) is 24.3 Å². The lowest BCUT2D eigenvalue weighted by Crippen LogP contribution is -2.35. The van der Waals surface area contributed by atoms with E-state index < -0.39 is 5.82 Å². The molecule has 0 bridgehead atoms. The summed E-state index contributed by atoms with van der Waals surface area (Å²) in [5.41, 5.74) is 0.217. The fourth-order valence-corrected chi connectivity index (χ4v) is 1.86. The smallest absolute Gasteiger partial charge is 0.223 e. The second-order valence-corrected chi connectivity index (χ2v) is 4.71. The molecule has 0 spiro atoms. The fraction of sp³-hybridized carbons (Fsp3) is 0.429. The van der Waals surface area contributed by atoms with Crippen LogP contribution in [0, 0.1) is 5.82 Å². The van der Waals surface area contributed by atoms with Gasteiger partial charge in [-0.05, 0) is 25.0 Å². The summed E-state index contributed by atoms with van der Waals surface area (Å²) in [4.78, 5) is 24.5. The fourth-order valence-electron chi connectivity index (χ4n) is 1.86. The zero-order chi connectivity index (χ0) is 13.8. The summed E-state index contributed by atoms with van der Waals surface area (Å²) in [7, 11) is 0. The zero-order valence-corrected chi connectivity index (χ0v) is 10.9. The molecule has 0 saturated heterocycles. The van der Waals surface area contributed by atoms with Crippen LogP contribution in [-0.4, -0.2) is 24.4 Å². The molecule has 1 saturated carbocycles. The maximum Gasteiger partial charge on any atom is 0.223 e. The minimum atomic E-state index is -0.458. The lowest BCUT2D eigenvalue weighted by atomic mass is 10.2. The number of rotatable bonds is 5. The SMILES string of the molecule is CC(=O)N(CCC(=O)NC1CC1)c1ccccc1F. The molecule has 102 valence electrons. The third-order valence-corrected chi connectivity index (χ3v) is 3.03. The number of benzene rings is 1. The lowest BCUT2D eigenvalue weighted by Gasteiger charge is -2.21. The van der Waals surface area contributed by atoms with Crippen LogP contribution in [0.2, 0.25) is 0 Å². The molecule has 1 aromatic carbocycles. The van der Waals surface area contributed by atoms with E-state index in [-0.39, 0.29) is 30.5 Å². The molecule has 4 nitrogen and oxygen atoms in total. The highest BCUT2D eigenvalue weighted by Gasteiger charge is 2.24. The maximum absolute atomic E-state index is 13.7. The summed E-state index contributed by atoms with van der Waals surface area (Å²) in [5.74, 6) is -0.824. The van der Waals surface area contributed by atoms with Crippen molar-refractivity contribution in [1.82, 2.24) is 5.32 Å². The van der Waals surface area contributed by atoms with E-state index in [1.807, 2.05) is 0 Å². The van der Waals surface area contributed by atoms with E-state index in [2.05, 4.69) is 5.32 Å². The number of carbonyl (C=O) groups excluding carboxylic acids is 2. The first-order valence-corrected chi connectivity index (χ1v) is 6.40. The van der Waals surface area contributed by atoms with Gasteiger partial charge in [0.2, 0.25) is 11.8 Å². The Balaban J connectivity index is 1.98. The molecule has 2 rings (SSSR count). The average Bonchev–Trinajstić information content (AvgIpc) is 3.15. The molecule has 2 amide bonds. The Kier molecular flexibility index (Phi) is 4.14. The number of para-hydroxylation sites is 1. The Morgan fingerprint density at radius 3 is 2.63 bits per heavy atom. The Morgan fingerprint density at radius 1 is 1.37 bits per heavy atom. The van der Waals surface area contributed by atoms with Crippen molar-refractivity contribution < 1.29 is 14.0 Å². The zero-order valence-electron chi connectivity index (χ0n) is 10.9. The Bertz CT molecular complexity index is 486. The third kappa shape index (κ3) is 3.77. The van der Waals surface area contributed by atoms with Gasteiger partial charge < -0.3 is 10.2 Å². The van der Waals surface area contributed by atoms with Crippen LogP contribution in [0.3, 0.4) is 0 Å². The number of anilines is 1. The van der Waals surface area contributed by atoms with Crippen LogP contribution in [0.25, 0.3) is 0 Å². The first-order chi connectivity index (χ1) is 9.08. The van der Waals surface area contributed by atoms with Crippen molar-refractivity contribution in [3.63, 3.8) is 0 Å². The highest BCUT2D eigenvalue weighted by Crippen LogP contribution is 2.20. The van der Waals surface area contributed by atoms with Gasteiger partial charge in [-0.3, -0.25) is 9.59 Å². The summed E-state index contributed by atoms with van der Waals surface area (Å²) in [6.45, 7) is 1.56. The molecule has 1 fully saturated rings. The highest BCUT2D eigenvalue weighted by atomic mass is 19.1. The topological polar surface area (TPSA) is 49.4 Å². The van der Waals surface area contributed by atoms with Gasteiger partial charge in [-0.25, -0.2) is 4.39 Å². The van der Waals surface area contributed by atoms with Gasteiger partial charge in [0, 0.05) is 25.9 Å². The van der Waals surface area contributed by atoms with Crippen molar-refractivity contribution in [2.24, 2.45) is 0 Å². The quantitative estimate of drug-likeness (QED) is 0.882. The highest BCUT2D eigenvalue weighted by molar-refractivity contribution is 5.92. The second-order valence-electron chi connectivity index (χ2n) is 4.71. The van der Waals surface area contributed by atoms with Crippen molar-refractivity contribution in [2.75, 3.05) is 11.4 Å². The Morgan fingerprint density at radius 2 is 2.05 bits per heavy atom. The van der Waals surface area contributed by atoms with Crippen LogP contribution in [0.4, 0.5) is 10.1 Å². The van der Waals surface area contributed by atoms with E-state index in [9.17, 15) is 14.0 Å². The summed E-state index contributed by atoms with van der Waals surface area (Å²) < 4.78 is 13.7. The monoisotopic (exact) mass is 264 g/mol. The molecule has 1 aliphatic rings. The molecule has 19 heavy (non-hydrogen) atoms. The number of hydrogen-bond acceptors (Lipinski definition) is 2. The van der Waals surface area contributed by atoms with Crippen LogP contribution in [-0.2, 0) is 9.59 Å². The van der Waals surface area contributed by atoms with Gasteiger partial charge in [0.15, 0.2) is 0 Å². The molecule has 0 aromatic heterocycles. The standard InChI is InChI=1S/C14H17FN2O2/c1-10(18)17(13-5-3-2-4-12(13)15)9-8-14(19)16-11-6-7-11/h2-5,11H,6-9H2,1H3,(H,16,19). The summed E-state index contributed by atoms with van der Waals surface area (Å²) in [6, 6.07) is 6.37. The number of hydrogen-bond donors (Lipinski definition) is 1. The van der Waals surface area contributed by atoms with Gasteiger partial charge in [-0.1, -0.05) is 12.1 Å². The van der Waals surface area contributed by atoms with E-state index in [0.717, 1.165) is 12.8 Å². The first-order valence-electron chi connectivity index (χ1n) is 6.40. The number of halogens is 1. The van der Waals surface area contributed by atoms with Crippen molar-refractivity contribution in [3.05, 3.63) is 30.1 Å². The van der Waals surface area contributed by atoms with E-state index in [4.69, 9.17) is 0 Å². The van der Waals surface area contributed by atoms with Gasteiger partial charge in [0.25, 0.3) is 0 Å². The van der Waals surface area contributed by atoms with Crippen LogP contribution in [0.5, 0.6) is 0 Å². The average molecular weight is 264 g/mol. The van der Waals surface area contributed by atoms with Crippen LogP contribution in [0.1, 0.15) is 26.2 Å². The van der Waals surface area contributed by atoms with Crippen LogP contribution >= 0.6 is 0 Å². The van der Waals surface area contributed by atoms with Crippen molar-refractivity contribution in [2.45, 2.75) is 32.2 Å². The predicted octanol–water partition coefficient (Wildman–Crippen LogP) is 1.85. The van der Waals surface area contributed by atoms with E-state index in [1.165, 1.54) is 24.0 Å². The largest absolute Gasteiger partial charge is 0.353 e. The van der Waals surface area contributed by atoms with Gasteiger partial charge in [0.1, 0.15) is 5.82 Å². The van der Waals surface area contributed by atoms with Crippen LogP contribution < -0.4 is 10.2 Å². The normalized spacial score (nSPS) is 14.0. The maximum atomic E-state index is 13.7. The summed E-state index contributed by atoms with van der Waals surface area (Å²) in [5, 5.41) is 2.84. The molecule has 1 aliphatic carbocycles. The second kappa shape index (κ2) is 5.82. The molecular formula is C14H17FN2O2. The Hall–Kier alpha value is -1.91. The molecule has 0 radical (unpaired) electrons. The molecule has 0 atom stereocenters. The molecule has 0 heterocycles. The van der Waals surface area contributed by atoms with Crippen molar-refractivity contribution >= 4 is 17.5 Å². The molecule has 0 unspecified atom stereocenters. The van der Waals surface area contributed by atoms with Gasteiger partial charge in [-0.15, -0.1) is 0 Å². The van der Waals surface area contributed by atoms with Gasteiger partial charge in [0.05, 0.1) is 5.69 Å². The predicted molar refractivity (Wildman–Crippen MR) is 70.2 cm³/mol. The molecular weight excluding hydrogens is 247 g/mol. The van der Waals surface area contributed by atoms with Gasteiger partial charge >= 0.3 is 0 Å². The number of carbonyl (C=O) groups is 2. The Labute approximate surface area is 111 Å². The van der Waals surface area contributed by atoms with E-state index >= 15 is 0 Å². The number of nitrogens with one attached hydrogen (secondary N) is 1. The lowest BCUT2D eigenvalue weighted by molar-refractivity contribution is -0.121. The summed E-state index contributed by atoms with van der Waals surface area (Å²) in [6.07, 6.45) is 2.23. The van der Waals surface area contributed by atoms with E-state index in [1.54, 1.807) is 12.1 Å². The molecule has 1 N–H and O–H groups in total. The minimum absolute atomic E-state index is 0.0925. The van der Waals surface area contributed by atoms with Crippen molar-refractivity contribution in [3.8, 4) is 0 Å². The number of amides is 2. The number of nitrogens with zero attached hydrogens (tertiary/aromatic N) is 1. The molecule has 1 aromatic rings.